The number of hydrogen-bond donors (Lipinski definition) is 1. The van der Waals surface area contributed by atoms with E-state index in [1.807, 2.05) is 24.3 Å². The van der Waals surface area contributed by atoms with Crippen LogP contribution in [-0.4, -0.2) is 41.2 Å². The third-order valence-corrected chi connectivity index (χ3v) is 7.68. The SMILES string of the molecule is CCCN(CC(=O)N(Cc1ccc(C2CCCCC2)cc1)c1ccc(C=O)c(O)c1)C(=O)c1c(F)c(F)c(F)c(F)c1F. The molecule has 2 amide bonds. The van der Waals surface area contributed by atoms with Crippen LogP contribution in [0.5, 0.6) is 5.75 Å². The molecule has 0 aliphatic heterocycles. The minimum Gasteiger partial charge on any atom is -0.507 e. The molecule has 0 atom stereocenters. The number of carbonyl (C=O) groups excluding carboxylic acids is 3. The number of amides is 2. The minimum absolute atomic E-state index is 0.0258. The highest BCUT2D eigenvalue weighted by Gasteiger charge is 2.33. The smallest absolute Gasteiger partial charge is 0.260 e. The molecule has 6 nitrogen and oxygen atoms in total. The lowest BCUT2D eigenvalue weighted by atomic mass is 9.84. The molecule has 3 aromatic carbocycles. The molecule has 1 aliphatic rings. The number of halogens is 5. The molecule has 43 heavy (non-hydrogen) atoms. The first-order valence-electron chi connectivity index (χ1n) is 14.0. The zero-order valence-corrected chi connectivity index (χ0v) is 23.5. The van der Waals surface area contributed by atoms with Crippen molar-refractivity contribution in [2.45, 2.75) is 57.9 Å². The van der Waals surface area contributed by atoms with Gasteiger partial charge in [0.15, 0.2) is 29.6 Å². The number of carbonyl (C=O) groups is 3. The van der Waals surface area contributed by atoms with Crippen LogP contribution in [0.15, 0.2) is 42.5 Å². The Balaban J connectivity index is 1.65. The van der Waals surface area contributed by atoms with E-state index in [4.69, 9.17) is 0 Å². The van der Waals surface area contributed by atoms with Crippen LogP contribution in [0.3, 0.4) is 0 Å². The molecule has 0 heterocycles. The second-order valence-electron chi connectivity index (χ2n) is 10.6. The first-order chi connectivity index (χ1) is 20.6. The molecule has 1 fully saturated rings. The summed E-state index contributed by atoms with van der Waals surface area (Å²) in [5.41, 5.74) is 0.346. The van der Waals surface area contributed by atoms with Crippen molar-refractivity contribution < 1.29 is 41.4 Å². The molecule has 1 saturated carbocycles. The fourth-order valence-corrected chi connectivity index (χ4v) is 5.36. The number of phenolic OH excluding ortho intramolecular Hbond substituents is 1. The summed E-state index contributed by atoms with van der Waals surface area (Å²) in [5, 5.41) is 10.3. The van der Waals surface area contributed by atoms with Gasteiger partial charge < -0.3 is 14.9 Å². The predicted octanol–water partition coefficient (Wildman–Crippen LogP) is 7.03. The molecule has 4 rings (SSSR count). The molecule has 11 heteroatoms. The molecule has 228 valence electrons. The minimum atomic E-state index is -2.40. The monoisotopic (exact) mass is 602 g/mol. The van der Waals surface area contributed by atoms with Crippen molar-refractivity contribution in [3.63, 3.8) is 0 Å². The van der Waals surface area contributed by atoms with E-state index >= 15 is 0 Å². The van der Waals surface area contributed by atoms with Gasteiger partial charge in [0.2, 0.25) is 11.7 Å². The topological polar surface area (TPSA) is 77.9 Å². The summed E-state index contributed by atoms with van der Waals surface area (Å²) >= 11 is 0. The van der Waals surface area contributed by atoms with E-state index in [0.717, 1.165) is 25.7 Å². The zero-order chi connectivity index (χ0) is 31.3. The predicted molar refractivity (Wildman–Crippen MR) is 149 cm³/mol. The van der Waals surface area contributed by atoms with Gasteiger partial charge in [-0.15, -0.1) is 0 Å². The average molecular weight is 603 g/mol. The van der Waals surface area contributed by atoms with Gasteiger partial charge in [-0.1, -0.05) is 50.5 Å². The van der Waals surface area contributed by atoms with Crippen LogP contribution in [0, 0.1) is 29.1 Å². The van der Waals surface area contributed by atoms with Crippen LogP contribution in [0.1, 0.15) is 83.2 Å². The Bertz CT molecular complexity index is 1480. The Hall–Kier alpha value is -4.28. The van der Waals surface area contributed by atoms with Gasteiger partial charge in [0.05, 0.1) is 12.1 Å². The molecule has 0 spiro atoms. The summed E-state index contributed by atoms with van der Waals surface area (Å²) in [6.07, 6.45) is 6.35. The van der Waals surface area contributed by atoms with Crippen molar-refractivity contribution in [3.8, 4) is 5.75 Å². The number of nitrogens with zero attached hydrogens (tertiary/aromatic N) is 2. The maximum absolute atomic E-state index is 14.5. The van der Waals surface area contributed by atoms with Gasteiger partial charge in [-0.05, 0) is 48.4 Å². The van der Waals surface area contributed by atoms with Crippen LogP contribution in [0.4, 0.5) is 27.6 Å². The van der Waals surface area contributed by atoms with E-state index in [-0.39, 0.29) is 30.8 Å². The number of phenols is 1. The van der Waals surface area contributed by atoms with Crippen LogP contribution in [0.25, 0.3) is 0 Å². The Labute approximate surface area is 245 Å². The fourth-order valence-electron chi connectivity index (χ4n) is 5.36. The van der Waals surface area contributed by atoms with E-state index < -0.39 is 58.8 Å². The molecule has 1 N–H and O–H groups in total. The van der Waals surface area contributed by atoms with Crippen LogP contribution >= 0.6 is 0 Å². The maximum atomic E-state index is 14.5. The molecule has 0 radical (unpaired) electrons. The molecule has 0 saturated heterocycles. The van der Waals surface area contributed by atoms with Gasteiger partial charge in [0.1, 0.15) is 17.9 Å². The molecule has 3 aromatic rings. The Kier molecular flexibility index (Phi) is 10.2. The lowest BCUT2D eigenvalue weighted by Gasteiger charge is -2.28. The molecule has 0 aromatic heterocycles. The van der Waals surface area contributed by atoms with E-state index in [2.05, 4.69) is 0 Å². The summed E-state index contributed by atoms with van der Waals surface area (Å²) < 4.78 is 70.2. The van der Waals surface area contributed by atoms with Gasteiger partial charge >= 0.3 is 0 Å². The lowest BCUT2D eigenvalue weighted by molar-refractivity contribution is -0.119. The van der Waals surface area contributed by atoms with Crippen LogP contribution in [-0.2, 0) is 11.3 Å². The number of benzene rings is 3. The van der Waals surface area contributed by atoms with E-state index in [1.54, 1.807) is 6.92 Å². The number of aromatic hydroxyl groups is 1. The average Bonchev–Trinajstić information content (AvgIpc) is 3.02. The van der Waals surface area contributed by atoms with Gasteiger partial charge in [0, 0.05) is 18.3 Å². The summed E-state index contributed by atoms with van der Waals surface area (Å²) in [4.78, 5) is 39.9. The quantitative estimate of drug-likeness (QED) is 0.117. The van der Waals surface area contributed by atoms with Crippen molar-refractivity contribution in [2.24, 2.45) is 0 Å². The molecule has 1 aliphatic carbocycles. The largest absolute Gasteiger partial charge is 0.507 e. The van der Waals surface area contributed by atoms with E-state index in [0.29, 0.717) is 22.7 Å². The van der Waals surface area contributed by atoms with Gasteiger partial charge in [0.25, 0.3) is 5.91 Å². The van der Waals surface area contributed by atoms with Crippen molar-refractivity contribution >= 4 is 23.8 Å². The van der Waals surface area contributed by atoms with Gasteiger partial charge in [-0.25, -0.2) is 22.0 Å². The van der Waals surface area contributed by atoms with Crippen molar-refractivity contribution in [2.75, 3.05) is 18.0 Å². The first-order valence-corrected chi connectivity index (χ1v) is 14.0. The Morgan fingerprint density at radius 2 is 1.49 bits per heavy atom. The Morgan fingerprint density at radius 3 is 2.05 bits per heavy atom. The van der Waals surface area contributed by atoms with Crippen molar-refractivity contribution in [1.82, 2.24) is 4.90 Å². The van der Waals surface area contributed by atoms with E-state index in [9.17, 15) is 41.4 Å². The Morgan fingerprint density at radius 1 is 0.884 bits per heavy atom. The molecular weight excluding hydrogens is 571 g/mol. The second-order valence-corrected chi connectivity index (χ2v) is 10.6. The van der Waals surface area contributed by atoms with Crippen LogP contribution in [0.2, 0.25) is 0 Å². The summed E-state index contributed by atoms with van der Waals surface area (Å²) in [7, 11) is 0. The second kappa shape index (κ2) is 13.8. The summed E-state index contributed by atoms with van der Waals surface area (Å²) in [5.74, 6) is -13.8. The standard InChI is InChI=1S/C32H31F5N2O4/c1-2-14-38(32(43)26-27(33)29(35)31(37)30(36)28(26)34)17-25(42)39(23-13-12-22(18-40)24(41)15-23)16-19-8-10-21(11-9-19)20-6-4-3-5-7-20/h8-13,15,18,20,41H,2-7,14,16-17H2,1H3. The van der Waals surface area contributed by atoms with Gasteiger partial charge in [-0.2, -0.15) is 0 Å². The number of hydrogen-bond acceptors (Lipinski definition) is 4. The molecule has 0 bridgehead atoms. The van der Waals surface area contributed by atoms with Gasteiger partial charge in [-0.3, -0.25) is 14.4 Å². The summed E-state index contributed by atoms with van der Waals surface area (Å²) in [6.45, 7) is 0.553. The normalized spacial score (nSPS) is 13.5. The molecule has 0 unspecified atom stereocenters. The zero-order valence-electron chi connectivity index (χ0n) is 23.5. The molecular formula is C32H31F5N2O4. The maximum Gasteiger partial charge on any atom is 0.260 e. The first kappa shape index (κ1) is 31.7. The number of rotatable bonds is 10. The van der Waals surface area contributed by atoms with Crippen LogP contribution < -0.4 is 4.90 Å². The third kappa shape index (κ3) is 6.87. The lowest BCUT2D eigenvalue weighted by Crippen LogP contribution is -2.44. The summed E-state index contributed by atoms with van der Waals surface area (Å²) in [6, 6.07) is 11.6. The fraction of sp³-hybridized carbons (Fsp3) is 0.344. The third-order valence-electron chi connectivity index (χ3n) is 7.68. The highest BCUT2D eigenvalue weighted by Crippen LogP contribution is 2.33. The highest BCUT2D eigenvalue weighted by atomic mass is 19.2. The van der Waals surface area contributed by atoms with Crippen molar-refractivity contribution in [1.29, 1.82) is 0 Å². The number of anilines is 1. The van der Waals surface area contributed by atoms with Crippen molar-refractivity contribution in [3.05, 3.63) is 93.8 Å². The van der Waals surface area contributed by atoms with E-state index in [1.165, 1.54) is 35.1 Å². The highest BCUT2D eigenvalue weighted by molar-refractivity contribution is 6.01. The number of aldehydes is 1.